The number of aromatic nitrogens is 2. The van der Waals surface area contributed by atoms with Crippen LogP contribution >= 0.6 is 11.3 Å². The van der Waals surface area contributed by atoms with Gasteiger partial charge in [-0.25, -0.2) is 9.97 Å². The lowest BCUT2D eigenvalue weighted by molar-refractivity contribution is 0.0955. The Labute approximate surface area is 173 Å². The Morgan fingerprint density at radius 2 is 1.76 bits per heavy atom. The highest BCUT2D eigenvalue weighted by Crippen LogP contribution is 2.27. The Morgan fingerprint density at radius 3 is 2.55 bits per heavy atom. The lowest BCUT2D eigenvalue weighted by atomic mass is 10.2. The van der Waals surface area contributed by atoms with Crippen molar-refractivity contribution >= 4 is 28.9 Å². The number of rotatable bonds is 6. The van der Waals surface area contributed by atoms with Crippen LogP contribution in [0.4, 0.5) is 11.6 Å². The Bertz CT molecular complexity index is 1110. The maximum Gasteiger partial charge on any atom is 0.261 e. The summed E-state index contributed by atoms with van der Waals surface area (Å²) in [5.41, 5.74) is 3.98. The fraction of sp³-hybridized carbons (Fsp3) is 0.0870. The Morgan fingerprint density at radius 1 is 0.966 bits per heavy atom. The fourth-order valence-electron chi connectivity index (χ4n) is 2.79. The van der Waals surface area contributed by atoms with Crippen molar-refractivity contribution in [2.75, 3.05) is 5.32 Å². The van der Waals surface area contributed by atoms with Crippen LogP contribution in [-0.2, 0) is 6.54 Å². The number of amides is 1. The molecule has 0 saturated heterocycles. The van der Waals surface area contributed by atoms with E-state index in [0.29, 0.717) is 17.4 Å². The molecule has 29 heavy (non-hydrogen) atoms. The number of benzene rings is 2. The first-order valence-electron chi connectivity index (χ1n) is 9.26. The third-order valence-electron chi connectivity index (χ3n) is 4.34. The van der Waals surface area contributed by atoms with E-state index in [2.05, 4.69) is 20.6 Å². The molecule has 0 aliphatic carbocycles. The molecule has 2 N–H and O–H groups in total. The molecule has 0 saturated carbocycles. The number of thiophene rings is 1. The zero-order valence-corrected chi connectivity index (χ0v) is 16.7. The molecule has 144 valence electrons. The van der Waals surface area contributed by atoms with Crippen molar-refractivity contribution in [1.29, 1.82) is 0 Å². The number of aryl methyl sites for hydroxylation is 1. The quantitative estimate of drug-likeness (QED) is 0.468. The predicted molar refractivity (Wildman–Crippen MR) is 117 cm³/mol. The Kier molecular flexibility index (Phi) is 5.63. The van der Waals surface area contributed by atoms with Crippen LogP contribution < -0.4 is 10.6 Å². The molecule has 2 aromatic heterocycles. The lowest BCUT2D eigenvalue weighted by Crippen LogP contribution is -2.21. The highest BCUT2D eigenvalue weighted by Gasteiger charge is 2.11. The lowest BCUT2D eigenvalue weighted by Gasteiger charge is -2.06. The molecule has 0 spiro atoms. The summed E-state index contributed by atoms with van der Waals surface area (Å²) in [7, 11) is 0. The van der Waals surface area contributed by atoms with Crippen molar-refractivity contribution in [2.24, 2.45) is 0 Å². The smallest absolute Gasteiger partial charge is 0.261 e. The van der Waals surface area contributed by atoms with E-state index in [1.54, 1.807) is 6.20 Å². The largest absolute Gasteiger partial charge is 0.347 e. The molecule has 0 radical (unpaired) electrons. The van der Waals surface area contributed by atoms with E-state index in [9.17, 15) is 4.79 Å². The van der Waals surface area contributed by atoms with Gasteiger partial charge in [0.05, 0.1) is 15.4 Å². The van der Waals surface area contributed by atoms with Crippen LogP contribution in [0.25, 0.3) is 10.6 Å². The van der Waals surface area contributed by atoms with Gasteiger partial charge in [0.1, 0.15) is 0 Å². The summed E-state index contributed by atoms with van der Waals surface area (Å²) in [5, 5.41) is 6.17. The first-order valence-corrected chi connectivity index (χ1v) is 10.1. The molecule has 2 heterocycles. The van der Waals surface area contributed by atoms with E-state index >= 15 is 0 Å². The van der Waals surface area contributed by atoms with Gasteiger partial charge in [0.25, 0.3) is 5.91 Å². The summed E-state index contributed by atoms with van der Waals surface area (Å²) < 4.78 is 0. The summed E-state index contributed by atoms with van der Waals surface area (Å²) in [4.78, 5) is 22.9. The van der Waals surface area contributed by atoms with Gasteiger partial charge in [-0.2, -0.15) is 0 Å². The van der Waals surface area contributed by atoms with Crippen molar-refractivity contribution in [3.05, 3.63) is 95.0 Å². The van der Waals surface area contributed by atoms with Gasteiger partial charge in [-0.05, 0) is 42.8 Å². The molecule has 1 amide bonds. The zero-order chi connectivity index (χ0) is 20.1. The van der Waals surface area contributed by atoms with Crippen LogP contribution in [-0.4, -0.2) is 15.9 Å². The molecule has 5 nitrogen and oxygen atoms in total. The number of nitrogens with zero attached hydrogens (tertiary/aromatic N) is 2. The van der Waals surface area contributed by atoms with Crippen LogP contribution in [0.1, 0.15) is 20.8 Å². The summed E-state index contributed by atoms with van der Waals surface area (Å²) in [5.74, 6) is 0.437. The predicted octanol–water partition coefficient (Wildman–Crippen LogP) is 5.19. The SMILES string of the molecule is Cc1ccc(Nc2nccc(-c3ccc(C(=O)NCc4ccccc4)s3)n2)cc1. The molecule has 0 atom stereocenters. The Hall–Kier alpha value is -3.51. The van der Waals surface area contributed by atoms with Gasteiger partial charge in [0.2, 0.25) is 5.95 Å². The topological polar surface area (TPSA) is 66.9 Å². The normalized spacial score (nSPS) is 10.5. The summed E-state index contributed by atoms with van der Waals surface area (Å²) in [6.07, 6.45) is 1.72. The molecule has 2 aromatic carbocycles. The van der Waals surface area contributed by atoms with Crippen molar-refractivity contribution in [3.63, 3.8) is 0 Å². The van der Waals surface area contributed by atoms with Gasteiger partial charge >= 0.3 is 0 Å². The minimum absolute atomic E-state index is 0.0860. The minimum Gasteiger partial charge on any atom is -0.347 e. The molecule has 4 aromatic rings. The van der Waals surface area contributed by atoms with Gasteiger partial charge in [-0.3, -0.25) is 4.79 Å². The highest BCUT2D eigenvalue weighted by molar-refractivity contribution is 7.17. The second-order valence-corrected chi connectivity index (χ2v) is 7.67. The van der Waals surface area contributed by atoms with Crippen LogP contribution in [0.2, 0.25) is 0 Å². The van der Waals surface area contributed by atoms with Crippen molar-refractivity contribution < 1.29 is 4.79 Å². The molecule has 0 bridgehead atoms. The van der Waals surface area contributed by atoms with E-state index in [1.165, 1.54) is 16.9 Å². The van der Waals surface area contributed by atoms with Crippen molar-refractivity contribution in [3.8, 4) is 10.6 Å². The van der Waals surface area contributed by atoms with Crippen LogP contribution in [0.15, 0.2) is 79.0 Å². The molecular weight excluding hydrogens is 380 g/mol. The number of hydrogen-bond acceptors (Lipinski definition) is 5. The number of anilines is 2. The highest BCUT2D eigenvalue weighted by atomic mass is 32.1. The van der Waals surface area contributed by atoms with E-state index < -0.39 is 0 Å². The van der Waals surface area contributed by atoms with E-state index in [0.717, 1.165) is 21.8 Å². The van der Waals surface area contributed by atoms with Gasteiger partial charge in [-0.1, -0.05) is 48.0 Å². The second kappa shape index (κ2) is 8.67. The minimum atomic E-state index is -0.0860. The summed E-state index contributed by atoms with van der Waals surface area (Å²) >= 11 is 1.42. The average molecular weight is 401 g/mol. The maximum absolute atomic E-state index is 12.5. The number of nitrogens with one attached hydrogen (secondary N) is 2. The van der Waals surface area contributed by atoms with Crippen LogP contribution in [0, 0.1) is 6.92 Å². The third-order valence-corrected chi connectivity index (χ3v) is 5.45. The molecule has 0 aliphatic rings. The molecule has 4 rings (SSSR count). The number of hydrogen-bond donors (Lipinski definition) is 2. The Balaban J connectivity index is 1.44. The number of carbonyl (C=O) groups excluding carboxylic acids is 1. The van der Waals surface area contributed by atoms with E-state index in [1.807, 2.05) is 79.7 Å². The second-order valence-electron chi connectivity index (χ2n) is 6.59. The monoisotopic (exact) mass is 400 g/mol. The summed E-state index contributed by atoms with van der Waals surface area (Å²) in [6.45, 7) is 2.55. The molecule has 0 unspecified atom stereocenters. The molecule has 0 aliphatic heterocycles. The standard InChI is InChI=1S/C23H20N4OS/c1-16-7-9-18(10-8-16)26-23-24-14-13-19(27-23)20-11-12-21(29-20)22(28)25-15-17-5-3-2-4-6-17/h2-14H,15H2,1H3,(H,25,28)(H,24,26,27). The van der Waals surface area contributed by atoms with E-state index in [-0.39, 0.29) is 5.91 Å². The van der Waals surface area contributed by atoms with Gasteiger partial charge < -0.3 is 10.6 Å². The average Bonchev–Trinajstić information content (AvgIpc) is 3.25. The third kappa shape index (κ3) is 4.86. The first-order chi connectivity index (χ1) is 14.2. The fourth-order valence-corrected chi connectivity index (χ4v) is 3.68. The molecular formula is C23H20N4OS. The first kappa shape index (κ1) is 18.8. The number of carbonyl (C=O) groups is 1. The van der Waals surface area contributed by atoms with E-state index in [4.69, 9.17) is 0 Å². The van der Waals surface area contributed by atoms with Gasteiger partial charge in [-0.15, -0.1) is 11.3 Å². The van der Waals surface area contributed by atoms with Crippen molar-refractivity contribution in [2.45, 2.75) is 13.5 Å². The zero-order valence-electron chi connectivity index (χ0n) is 15.9. The van der Waals surface area contributed by atoms with Gasteiger partial charge in [0, 0.05) is 18.4 Å². The van der Waals surface area contributed by atoms with Crippen molar-refractivity contribution in [1.82, 2.24) is 15.3 Å². The molecule has 6 heteroatoms. The van der Waals surface area contributed by atoms with Crippen LogP contribution in [0.3, 0.4) is 0 Å². The molecule has 0 fully saturated rings. The van der Waals surface area contributed by atoms with Gasteiger partial charge in [0.15, 0.2) is 0 Å². The summed E-state index contributed by atoms with van der Waals surface area (Å²) in [6, 6.07) is 23.5. The van der Waals surface area contributed by atoms with Crippen LogP contribution in [0.5, 0.6) is 0 Å². The maximum atomic E-state index is 12.5.